The summed E-state index contributed by atoms with van der Waals surface area (Å²) in [7, 11) is 0. The fourth-order valence-corrected chi connectivity index (χ4v) is 4.53. The molecule has 2 aromatic heterocycles. The molecule has 0 saturated heterocycles. The first-order valence-electron chi connectivity index (χ1n) is 9.21. The van der Waals surface area contributed by atoms with Gasteiger partial charge in [0.15, 0.2) is 0 Å². The molecule has 2 aromatic carbocycles. The van der Waals surface area contributed by atoms with Crippen molar-refractivity contribution in [3.05, 3.63) is 71.9 Å². The van der Waals surface area contributed by atoms with E-state index in [0.717, 1.165) is 27.5 Å². The molecule has 0 saturated carbocycles. The Bertz CT molecular complexity index is 1180. The number of para-hydroxylation sites is 2. The van der Waals surface area contributed by atoms with Crippen LogP contribution in [0.1, 0.15) is 29.4 Å². The van der Waals surface area contributed by atoms with E-state index in [4.69, 9.17) is 0 Å². The van der Waals surface area contributed by atoms with Crippen LogP contribution in [0.5, 0.6) is 0 Å². The van der Waals surface area contributed by atoms with E-state index in [-0.39, 0.29) is 11.2 Å². The van der Waals surface area contributed by atoms with Gasteiger partial charge in [-0.3, -0.25) is 9.36 Å². The molecule has 2 heterocycles. The van der Waals surface area contributed by atoms with Crippen LogP contribution in [0, 0.1) is 18.3 Å². The molecule has 0 aliphatic heterocycles. The maximum atomic E-state index is 13.6. The number of aromatic nitrogens is 2. The average Bonchev–Trinajstić information content (AvgIpc) is 3.06. The van der Waals surface area contributed by atoms with Crippen molar-refractivity contribution in [1.82, 2.24) is 9.55 Å². The van der Waals surface area contributed by atoms with Gasteiger partial charge in [0.1, 0.15) is 11.1 Å². The normalized spacial score (nSPS) is 12.2. The van der Waals surface area contributed by atoms with Gasteiger partial charge in [-0.2, -0.15) is 5.26 Å². The van der Waals surface area contributed by atoms with Crippen LogP contribution in [-0.4, -0.2) is 20.7 Å². The highest BCUT2D eigenvalue weighted by molar-refractivity contribution is 8.00. The molecule has 0 fully saturated rings. The Balaban J connectivity index is 1.82. The van der Waals surface area contributed by atoms with Gasteiger partial charge in [0.25, 0.3) is 0 Å². The first kappa shape index (κ1) is 18.3. The molecule has 0 spiro atoms. The Kier molecular flexibility index (Phi) is 4.89. The van der Waals surface area contributed by atoms with Crippen LogP contribution in [0.15, 0.2) is 65.7 Å². The zero-order valence-corrected chi connectivity index (χ0v) is 16.5. The molecule has 0 aliphatic carbocycles. The lowest BCUT2D eigenvalue weighted by Crippen LogP contribution is -2.23. The Morgan fingerprint density at radius 2 is 1.68 bits per heavy atom. The van der Waals surface area contributed by atoms with Crippen molar-refractivity contribution in [2.45, 2.75) is 30.5 Å². The van der Waals surface area contributed by atoms with E-state index < -0.39 is 0 Å². The summed E-state index contributed by atoms with van der Waals surface area (Å²) in [6, 6.07) is 21.7. The van der Waals surface area contributed by atoms with E-state index in [9.17, 15) is 10.1 Å². The molecule has 28 heavy (non-hydrogen) atoms. The van der Waals surface area contributed by atoms with Crippen LogP contribution in [-0.2, 0) is 0 Å². The van der Waals surface area contributed by atoms with Crippen LogP contribution >= 0.6 is 11.8 Å². The summed E-state index contributed by atoms with van der Waals surface area (Å²) in [6.45, 7) is 3.88. The number of fused-ring (bicyclic) bond motifs is 3. The van der Waals surface area contributed by atoms with Gasteiger partial charge in [0.05, 0.1) is 21.8 Å². The second-order valence-corrected chi connectivity index (χ2v) is 7.83. The Hall–Kier alpha value is -3.10. The number of thioether (sulfide) groups is 1. The summed E-state index contributed by atoms with van der Waals surface area (Å²) >= 11 is 1.37. The highest BCUT2D eigenvalue weighted by atomic mass is 32.2. The second kappa shape index (κ2) is 7.49. The van der Waals surface area contributed by atoms with E-state index in [1.165, 1.54) is 11.8 Å². The number of hydrogen-bond acceptors (Lipinski definition) is 4. The summed E-state index contributed by atoms with van der Waals surface area (Å²) in [5, 5.41) is 11.8. The van der Waals surface area contributed by atoms with Crippen LogP contribution in [0.2, 0.25) is 0 Å². The van der Waals surface area contributed by atoms with E-state index in [1.807, 2.05) is 73.0 Å². The largest absolute Gasteiger partial charge is 0.279 e. The summed E-state index contributed by atoms with van der Waals surface area (Å²) in [6.07, 6.45) is 0.644. The first-order chi connectivity index (χ1) is 13.6. The maximum Gasteiger partial charge on any atom is 0.245 e. The molecular formula is C23H19N3OS. The molecule has 0 bridgehead atoms. The predicted octanol–water partition coefficient (Wildman–Crippen LogP) is 5.58. The zero-order valence-electron chi connectivity index (χ0n) is 15.7. The first-order valence-corrected chi connectivity index (χ1v) is 10.1. The fraction of sp³-hybridized carbons (Fsp3) is 0.174. The number of rotatable bonds is 4. The van der Waals surface area contributed by atoms with Crippen LogP contribution in [0.3, 0.4) is 0 Å². The highest BCUT2D eigenvalue weighted by Crippen LogP contribution is 2.33. The van der Waals surface area contributed by atoms with E-state index in [2.05, 4.69) is 11.1 Å². The molecule has 138 valence electrons. The van der Waals surface area contributed by atoms with Gasteiger partial charge in [-0.05, 0) is 37.6 Å². The number of aryl methyl sites for hydroxylation is 1. The monoisotopic (exact) mass is 385 g/mol. The third-order valence-electron chi connectivity index (χ3n) is 4.82. The Labute approximate surface area is 167 Å². The average molecular weight is 385 g/mol. The maximum absolute atomic E-state index is 13.6. The standard InChI is InChI=1S/C23H19N3OS/c1-3-21(28-22-16(14-24)13-12-15(2)25-22)23(27)26-19-10-6-4-8-17(19)18-9-5-7-11-20(18)26/h4-13,21H,3H2,1-2H3. The quantitative estimate of drug-likeness (QED) is 0.430. The Morgan fingerprint density at radius 1 is 1.07 bits per heavy atom. The number of pyridine rings is 1. The highest BCUT2D eigenvalue weighted by Gasteiger charge is 2.25. The summed E-state index contributed by atoms with van der Waals surface area (Å²) < 4.78 is 1.81. The topological polar surface area (TPSA) is 58.7 Å². The molecular weight excluding hydrogens is 366 g/mol. The molecule has 4 rings (SSSR count). The molecule has 0 amide bonds. The van der Waals surface area contributed by atoms with Crippen LogP contribution in [0.25, 0.3) is 21.8 Å². The lowest BCUT2D eigenvalue weighted by Gasteiger charge is -2.16. The predicted molar refractivity (Wildman–Crippen MR) is 114 cm³/mol. The molecule has 0 radical (unpaired) electrons. The van der Waals surface area contributed by atoms with Crippen molar-refractivity contribution < 1.29 is 4.79 Å². The van der Waals surface area contributed by atoms with E-state index in [0.29, 0.717) is 17.0 Å². The van der Waals surface area contributed by atoms with Gasteiger partial charge in [-0.15, -0.1) is 0 Å². The molecule has 4 nitrogen and oxygen atoms in total. The van der Waals surface area contributed by atoms with Crippen molar-refractivity contribution in [1.29, 1.82) is 5.26 Å². The summed E-state index contributed by atoms with van der Waals surface area (Å²) in [4.78, 5) is 18.1. The van der Waals surface area contributed by atoms with Crippen LogP contribution < -0.4 is 0 Å². The summed E-state index contributed by atoms with van der Waals surface area (Å²) in [5.41, 5.74) is 3.15. The minimum Gasteiger partial charge on any atom is -0.279 e. The number of nitriles is 1. The smallest absolute Gasteiger partial charge is 0.245 e. The van der Waals surface area contributed by atoms with Gasteiger partial charge in [0.2, 0.25) is 5.91 Å². The molecule has 0 aliphatic rings. The van der Waals surface area contributed by atoms with Crippen LogP contribution in [0.4, 0.5) is 0 Å². The van der Waals surface area contributed by atoms with E-state index >= 15 is 0 Å². The van der Waals surface area contributed by atoms with Gasteiger partial charge in [0, 0.05) is 16.5 Å². The van der Waals surface area contributed by atoms with Crippen molar-refractivity contribution >= 4 is 39.5 Å². The number of carbonyl (C=O) groups is 1. The van der Waals surface area contributed by atoms with Gasteiger partial charge in [-0.25, -0.2) is 4.98 Å². The number of nitrogens with zero attached hydrogens (tertiary/aromatic N) is 3. The Morgan fingerprint density at radius 3 is 2.25 bits per heavy atom. The second-order valence-electron chi connectivity index (χ2n) is 6.64. The van der Waals surface area contributed by atoms with Crippen molar-refractivity contribution in [3.8, 4) is 6.07 Å². The molecule has 0 N–H and O–H groups in total. The zero-order chi connectivity index (χ0) is 19.7. The lowest BCUT2D eigenvalue weighted by molar-refractivity contribution is 0.0919. The van der Waals surface area contributed by atoms with Crippen molar-refractivity contribution in [3.63, 3.8) is 0 Å². The third kappa shape index (κ3) is 3.06. The fourth-order valence-electron chi connectivity index (χ4n) is 3.45. The molecule has 1 atom stereocenters. The molecule has 1 unspecified atom stereocenters. The minimum atomic E-state index is -0.333. The molecule has 5 heteroatoms. The van der Waals surface area contributed by atoms with Gasteiger partial charge >= 0.3 is 0 Å². The van der Waals surface area contributed by atoms with Crippen molar-refractivity contribution in [2.75, 3.05) is 0 Å². The number of carbonyl (C=O) groups excluding carboxylic acids is 1. The molecule has 4 aromatic rings. The minimum absolute atomic E-state index is 0.0112. The van der Waals surface area contributed by atoms with Gasteiger partial charge < -0.3 is 0 Å². The van der Waals surface area contributed by atoms with E-state index in [1.54, 1.807) is 6.07 Å². The van der Waals surface area contributed by atoms with Gasteiger partial charge in [-0.1, -0.05) is 55.1 Å². The summed E-state index contributed by atoms with van der Waals surface area (Å²) in [5.74, 6) is 0.0112. The third-order valence-corrected chi connectivity index (χ3v) is 6.17. The SMILES string of the molecule is CCC(Sc1nc(C)ccc1C#N)C(=O)n1c2ccccc2c2ccccc21. The number of hydrogen-bond donors (Lipinski definition) is 0. The number of benzene rings is 2. The lowest BCUT2D eigenvalue weighted by atomic mass is 10.2. The van der Waals surface area contributed by atoms with Crippen molar-refractivity contribution in [2.24, 2.45) is 0 Å².